The van der Waals surface area contributed by atoms with Gasteiger partial charge in [0, 0.05) is 6.08 Å². The van der Waals surface area contributed by atoms with E-state index in [-0.39, 0.29) is 35.1 Å². The van der Waals surface area contributed by atoms with Crippen LogP contribution in [-0.2, 0) is 4.79 Å². The molecule has 6 heteroatoms. The van der Waals surface area contributed by atoms with Crippen molar-refractivity contribution < 1.29 is 32.3 Å². The molecule has 2 aromatic carbocycles. The first-order chi connectivity index (χ1) is 13.7. The van der Waals surface area contributed by atoms with Gasteiger partial charge < -0.3 is 24.8 Å². The maximum absolute atomic E-state index is 12.1. The van der Waals surface area contributed by atoms with E-state index in [1.165, 1.54) is 50.6 Å². The summed E-state index contributed by atoms with van der Waals surface area (Å²) in [5.74, 6) is -0.972. The highest BCUT2D eigenvalue weighted by Gasteiger charge is 2.02. The van der Waals surface area contributed by atoms with Crippen LogP contribution in [0.4, 0.5) is 0 Å². The van der Waals surface area contributed by atoms with E-state index in [0.29, 0.717) is 11.1 Å². The number of carbonyl (C=O) groups excluding carboxylic acids is 1. The number of carbonyl (C=O) groups is 1. The zero-order valence-electron chi connectivity index (χ0n) is 16.8. The van der Waals surface area contributed by atoms with Crippen LogP contribution in [0.15, 0.2) is 60.4 Å². The molecule has 0 saturated carbocycles. The Morgan fingerprint density at radius 1 is 0.926 bits per heavy atom. The highest BCUT2D eigenvalue weighted by Crippen LogP contribution is 2.27. The quantitative estimate of drug-likeness (QED) is 0.389. The fourth-order valence-electron chi connectivity index (χ4n) is 2.08. The van der Waals surface area contributed by atoms with Crippen molar-refractivity contribution in [2.45, 2.75) is 0 Å². The second-order valence-electron chi connectivity index (χ2n) is 5.32. The van der Waals surface area contributed by atoms with Gasteiger partial charge in [-0.3, -0.25) is 4.79 Å². The molecular weight excluding hydrogens is 348 g/mol. The normalized spacial score (nSPS) is 13.6. The zero-order valence-corrected chi connectivity index (χ0v) is 14.8. The first-order valence-electron chi connectivity index (χ1n) is 8.81. The first-order valence-corrected chi connectivity index (χ1v) is 7.81. The van der Waals surface area contributed by atoms with Crippen molar-refractivity contribution in [3.8, 4) is 23.0 Å². The van der Waals surface area contributed by atoms with Gasteiger partial charge in [-0.2, -0.15) is 0 Å². The Balaban J connectivity index is 2.21. The van der Waals surface area contributed by atoms with Crippen molar-refractivity contribution in [1.82, 2.24) is 0 Å². The second kappa shape index (κ2) is 9.15. The molecule has 0 spiro atoms. The highest BCUT2D eigenvalue weighted by molar-refractivity contribution is 6.02. The number of allylic oxidation sites excluding steroid dienone is 3. The Bertz CT molecular complexity index is 1010. The second-order valence-corrected chi connectivity index (χ2v) is 5.32. The summed E-state index contributed by atoms with van der Waals surface area (Å²) in [5.41, 5.74) is 0.703. The molecule has 0 radical (unpaired) electrons. The topological polar surface area (TPSA) is 96.2 Å². The number of aliphatic hydroxyl groups excluding tert-OH is 1. The van der Waals surface area contributed by atoms with Gasteiger partial charge in [-0.1, -0.05) is 24.2 Å². The van der Waals surface area contributed by atoms with E-state index in [1.807, 2.05) is 0 Å². The summed E-state index contributed by atoms with van der Waals surface area (Å²) >= 11 is 0. The van der Waals surface area contributed by atoms with Gasteiger partial charge in [0.25, 0.3) is 0 Å². The summed E-state index contributed by atoms with van der Waals surface area (Å²) in [6.45, 7) is 0. The van der Waals surface area contributed by atoms with E-state index in [0.717, 1.165) is 18.2 Å². The number of aromatic hydroxyl groups is 2. The third-order valence-corrected chi connectivity index (χ3v) is 3.42. The number of phenols is 2. The van der Waals surface area contributed by atoms with Gasteiger partial charge in [0.15, 0.2) is 28.8 Å². The number of rotatable bonds is 7. The Kier molecular flexibility index (Phi) is 5.68. The highest BCUT2D eigenvalue weighted by atomic mass is 16.5. The molecule has 0 aliphatic rings. The monoisotopic (exact) mass is 370 g/mol. The molecule has 0 unspecified atom stereocenters. The number of ketones is 1. The Hall–Kier alpha value is -3.67. The Labute approximate surface area is 159 Å². The van der Waals surface area contributed by atoms with E-state index in [1.54, 1.807) is 0 Å². The van der Waals surface area contributed by atoms with Crippen LogP contribution in [0.1, 0.15) is 13.9 Å². The predicted octanol–water partition coefficient (Wildman–Crippen LogP) is 3.85. The summed E-state index contributed by atoms with van der Waals surface area (Å²) in [5, 5.41) is 29.1. The van der Waals surface area contributed by atoms with Crippen molar-refractivity contribution in [1.29, 1.82) is 0 Å². The van der Waals surface area contributed by atoms with Gasteiger partial charge in [0.2, 0.25) is 0 Å². The number of benzene rings is 2. The Morgan fingerprint density at radius 3 is 1.89 bits per heavy atom. The van der Waals surface area contributed by atoms with Gasteiger partial charge in [-0.25, -0.2) is 0 Å². The van der Waals surface area contributed by atoms with Gasteiger partial charge in [-0.05, 0) is 47.5 Å². The molecule has 0 amide bonds. The van der Waals surface area contributed by atoms with E-state index in [4.69, 9.17) is 12.2 Å². The molecule has 27 heavy (non-hydrogen) atoms. The van der Waals surface area contributed by atoms with Crippen molar-refractivity contribution >= 4 is 17.9 Å². The number of ether oxygens (including phenoxy) is 2. The van der Waals surface area contributed by atoms with Gasteiger partial charge >= 0.3 is 0 Å². The third-order valence-electron chi connectivity index (χ3n) is 3.42. The van der Waals surface area contributed by atoms with E-state index < -0.39 is 11.5 Å². The average molecular weight is 370 g/mol. The van der Waals surface area contributed by atoms with Crippen molar-refractivity contribution in [2.75, 3.05) is 14.2 Å². The molecule has 0 aliphatic heterocycles. The summed E-state index contributed by atoms with van der Waals surface area (Å²) in [7, 11) is 2.74. The minimum absolute atomic E-state index is 0.0852. The molecule has 2 rings (SSSR count). The van der Waals surface area contributed by atoms with E-state index in [2.05, 4.69) is 0 Å². The minimum Gasteiger partial charge on any atom is -0.508 e. The SMILES string of the molecule is [2H]/C(=C\C(=O)C=C(O)/C=C(\[2H])c1ccc(O)c(OC)c1)c1ccc(O)c(OC)c1. The molecule has 0 aliphatic carbocycles. The molecule has 0 atom stereocenters. The van der Waals surface area contributed by atoms with Crippen LogP contribution in [-0.4, -0.2) is 35.3 Å². The predicted molar refractivity (Wildman–Crippen MR) is 103 cm³/mol. The van der Waals surface area contributed by atoms with E-state index in [9.17, 15) is 20.1 Å². The maximum atomic E-state index is 12.1. The number of aliphatic hydroxyl groups is 1. The molecule has 6 nitrogen and oxygen atoms in total. The number of hydrogen-bond acceptors (Lipinski definition) is 6. The van der Waals surface area contributed by atoms with Crippen LogP contribution in [0, 0.1) is 0 Å². The number of hydrogen-bond donors (Lipinski definition) is 3. The van der Waals surface area contributed by atoms with Crippen LogP contribution in [0.25, 0.3) is 12.1 Å². The first kappa shape index (κ1) is 16.8. The minimum atomic E-state index is -0.660. The van der Waals surface area contributed by atoms with Gasteiger partial charge in [0.05, 0.1) is 17.0 Å². The van der Waals surface area contributed by atoms with Crippen molar-refractivity contribution in [2.24, 2.45) is 0 Å². The fraction of sp³-hybridized carbons (Fsp3) is 0.0952. The van der Waals surface area contributed by atoms with Gasteiger partial charge in [-0.15, -0.1) is 0 Å². The smallest absolute Gasteiger partial charge is 0.182 e. The molecular formula is C21H20O6. The van der Waals surface area contributed by atoms with Crippen LogP contribution in [0.5, 0.6) is 23.0 Å². The molecule has 0 aromatic heterocycles. The summed E-state index contributed by atoms with van der Waals surface area (Å²) in [4.78, 5) is 12.1. The lowest BCUT2D eigenvalue weighted by atomic mass is 10.1. The summed E-state index contributed by atoms with van der Waals surface area (Å²) in [6.07, 6.45) is 2.92. The van der Waals surface area contributed by atoms with Crippen molar-refractivity contribution in [3.05, 3.63) is 71.5 Å². The summed E-state index contributed by atoms with van der Waals surface area (Å²) < 4.78 is 25.9. The molecule has 140 valence electrons. The maximum Gasteiger partial charge on any atom is 0.182 e. The van der Waals surface area contributed by atoms with Crippen LogP contribution < -0.4 is 9.47 Å². The average Bonchev–Trinajstić information content (AvgIpc) is 2.68. The molecule has 0 fully saturated rings. The van der Waals surface area contributed by atoms with E-state index >= 15 is 0 Å². The Morgan fingerprint density at radius 2 is 1.41 bits per heavy atom. The lowest BCUT2D eigenvalue weighted by Crippen LogP contribution is -1.89. The van der Waals surface area contributed by atoms with Crippen LogP contribution >= 0.6 is 0 Å². The van der Waals surface area contributed by atoms with Gasteiger partial charge in [0.1, 0.15) is 5.76 Å². The molecule has 0 bridgehead atoms. The number of methoxy groups -OCH3 is 2. The lowest BCUT2D eigenvalue weighted by Gasteiger charge is -2.03. The standard InChI is InChI=1S/C21H20O6/c1-26-20-11-14(5-9-18(20)24)3-7-16(22)13-17(23)8-4-15-6-10-19(25)21(12-15)27-2/h3-13,22,24-25H,1-2H3/b7-3+,8-4+,16-13?/i3D,4D. The van der Waals surface area contributed by atoms with Crippen LogP contribution in [0.2, 0.25) is 0 Å². The summed E-state index contributed by atoms with van der Waals surface area (Å²) in [6, 6.07) is 8.19. The molecule has 2 aromatic rings. The fourth-order valence-corrected chi connectivity index (χ4v) is 2.08. The lowest BCUT2D eigenvalue weighted by molar-refractivity contribution is -0.110. The molecule has 0 saturated heterocycles. The molecule has 0 heterocycles. The number of phenolic OH excluding ortho intramolecular Hbond substituents is 2. The molecule has 3 N–H and O–H groups in total. The third kappa shape index (κ3) is 5.67. The van der Waals surface area contributed by atoms with Crippen molar-refractivity contribution in [3.63, 3.8) is 0 Å². The van der Waals surface area contributed by atoms with Crippen LogP contribution in [0.3, 0.4) is 0 Å². The largest absolute Gasteiger partial charge is 0.508 e. The zero-order chi connectivity index (χ0) is 21.6.